The number of nitrogens with zero attached hydrogens (tertiary/aromatic N) is 2. The molecule has 0 aliphatic carbocycles. The summed E-state index contributed by atoms with van der Waals surface area (Å²) >= 11 is 4.67. The number of hydrogen-bond donors (Lipinski definition) is 2. The molecule has 6 nitrogen and oxygen atoms in total. The van der Waals surface area contributed by atoms with E-state index in [-0.39, 0.29) is 11.8 Å². The number of amides is 2. The van der Waals surface area contributed by atoms with Crippen molar-refractivity contribution >= 4 is 44.2 Å². The molecule has 0 atom stereocenters. The minimum atomic E-state index is -0.131. The molecule has 8 heteroatoms. The van der Waals surface area contributed by atoms with Crippen molar-refractivity contribution in [2.24, 2.45) is 0 Å². The molecule has 0 aliphatic heterocycles. The first kappa shape index (κ1) is 18.5. The molecule has 2 N–H and O–H groups in total. The van der Waals surface area contributed by atoms with Crippen molar-refractivity contribution in [1.29, 1.82) is 0 Å². The highest BCUT2D eigenvalue weighted by Crippen LogP contribution is 2.16. The second kappa shape index (κ2) is 9.48. The van der Waals surface area contributed by atoms with Crippen molar-refractivity contribution in [2.75, 3.05) is 11.9 Å². The number of anilines is 1. The average molecular weight is 411 g/mol. The van der Waals surface area contributed by atoms with Gasteiger partial charge in [-0.15, -0.1) is 10.2 Å². The van der Waals surface area contributed by atoms with Gasteiger partial charge in [0.15, 0.2) is 0 Å². The Kier molecular flexibility index (Phi) is 7.33. The van der Waals surface area contributed by atoms with E-state index in [2.05, 4.69) is 36.8 Å². The normalized spacial score (nSPS) is 10.4. The van der Waals surface area contributed by atoms with E-state index < -0.39 is 0 Å². The van der Waals surface area contributed by atoms with E-state index in [0.29, 0.717) is 30.1 Å². The first-order valence-corrected chi connectivity index (χ1v) is 9.35. The number of carbonyl (C=O) groups excluding carboxylic acids is 2. The van der Waals surface area contributed by atoms with Gasteiger partial charge in [0.1, 0.15) is 5.01 Å². The largest absolute Gasteiger partial charge is 0.352 e. The third-order valence-corrected chi connectivity index (χ3v) is 4.57. The lowest BCUT2D eigenvalue weighted by Gasteiger charge is -2.04. The molecular formula is C16H19BrN4O2S. The van der Waals surface area contributed by atoms with Crippen LogP contribution in [0.2, 0.25) is 0 Å². The number of rotatable bonds is 8. The zero-order valence-corrected chi connectivity index (χ0v) is 15.7. The van der Waals surface area contributed by atoms with Crippen LogP contribution in [0.5, 0.6) is 0 Å². The quantitative estimate of drug-likeness (QED) is 0.698. The molecule has 2 rings (SSSR count). The number of aromatic nitrogens is 2. The van der Waals surface area contributed by atoms with E-state index in [4.69, 9.17) is 0 Å². The van der Waals surface area contributed by atoms with E-state index in [1.54, 1.807) is 12.1 Å². The highest BCUT2D eigenvalue weighted by molar-refractivity contribution is 9.10. The molecule has 0 radical (unpaired) electrons. The molecular weight excluding hydrogens is 392 g/mol. The van der Waals surface area contributed by atoms with E-state index in [9.17, 15) is 9.59 Å². The fourth-order valence-corrected chi connectivity index (χ4v) is 3.09. The predicted octanol–water partition coefficient (Wildman–Crippen LogP) is 3.40. The van der Waals surface area contributed by atoms with Gasteiger partial charge >= 0.3 is 0 Å². The highest BCUT2D eigenvalue weighted by Gasteiger charge is 2.09. The summed E-state index contributed by atoms with van der Waals surface area (Å²) in [4.78, 5) is 23.7. The summed E-state index contributed by atoms with van der Waals surface area (Å²) in [6, 6.07) is 7.21. The zero-order chi connectivity index (χ0) is 17.4. The number of benzene rings is 1. The van der Waals surface area contributed by atoms with Crippen LogP contribution in [-0.2, 0) is 11.2 Å². The Morgan fingerprint density at radius 2 is 2.12 bits per heavy atom. The summed E-state index contributed by atoms with van der Waals surface area (Å²) in [6.07, 6.45) is 2.90. The number of nitrogens with one attached hydrogen (secondary N) is 2. The topological polar surface area (TPSA) is 84.0 Å². The van der Waals surface area contributed by atoms with Gasteiger partial charge in [0.2, 0.25) is 11.0 Å². The summed E-state index contributed by atoms with van der Waals surface area (Å²) in [5.41, 5.74) is 0.602. The van der Waals surface area contributed by atoms with Gasteiger partial charge in [-0.25, -0.2) is 0 Å². The number of carbonyl (C=O) groups is 2. The maximum Gasteiger partial charge on any atom is 0.251 e. The second-order valence-electron chi connectivity index (χ2n) is 5.17. The Morgan fingerprint density at radius 3 is 2.88 bits per heavy atom. The minimum Gasteiger partial charge on any atom is -0.352 e. The van der Waals surface area contributed by atoms with Crippen LogP contribution in [0.1, 0.15) is 41.6 Å². The zero-order valence-electron chi connectivity index (χ0n) is 13.3. The summed E-state index contributed by atoms with van der Waals surface area (Å²) in [6.45, 7) is 2.50. The van der Waals surface area contributed by atoms with Gasteiger partial charge in [-0.1, -0.05) is 46.7 Å². The van der Waals surface area contributed by atoms with E-state index in [1.165, 1.54) is 11.3 Å². The Morgan fingerprint density at radius 1 is 1.29 bits per heavy atom. The van der Waals surface area contributed by atoms with Crippen molar-refractivity contribution < 1.29 is 9.59 Å². The Balaban J connectivity index is 1.77. The first-order chi connectivity index (χ1) is 11.6. The molecule has 1 aromatic heterocycles. The Labute approximate surface area is 153 Å². The maximum absolute atomic E-state index is 12.0. The minimum absolute atomic E-state index is 0.0393. The molecule has 0 saturated carbocycles. The molecule has 0 fully saturated rings. The predicted molar refractivity (Wildman–Crippen MR) is 98.2 cm³/mol. The molecule has 0 unspecified atom stereocenters. The van der Waals surface area contributed by atoms with Crippen molar-refractivity contribution in [3.05, 3.63) is 39.3 Å². The van der Waals surface area contributed by atoms with Gasteiger partial charge in [-0.2, -0.15) is 0 Å². The molecule has 0 spiro atoms. The van der Waals surface area contributed by atoms with Gasteiger partial charge in [0.25, 0.3) is 5.91 Å². The van der Waals surface area contributed by atoms with Crippen molar-refractivity contribution in [1.82, 2.24) is 15.5 Å². The van der Waals surface area contributed by atoms with E-state index >= 15 is 0 Å². The van der Waals surface area contributed by atoms with Crippen molar-refractivity contribution in [2.45, 2.75) is 32.6 Å². The molecule has 128 valence electrons. The highest BCUT2D eigenvalue weighted by atomic mass is 79.9. The summed E-state index contributed by atoms with van der Waals surface area (Å²) in [5.74, 6) is -0.170. The van der Waals surface area contributed by atoms with Crippen LogP contribution < -0.4 is 10.6 Å². The summed E-state index contributed by atoms with van der Waals surface area (Å²) < 4.78 is 0.864. The molecule has 0 bridgehead atoms. The number of hydrogen-bond acceptors (Lipinski definition) is 5. The van der Waals surface area contributed by atoms with Crippen molar-refractivity contribution in [3.63, 3.8) is 0 Å². The van der Waals surface area contributed by atoms with E-state index in [0.717, 1.165) is 22.3 Å². The van der Waals surface area contributed by atoms with Crippen LogP contribution >= 0.6 is 27.3 Å². The molecule has 0 aliphatic rings. The maximum atomic E-state index is 12.0. The van der Waals surface area contributed by atoms with Crippen LogP contribution in [-0.4, -0.2) is 28.6 Å². The van der Waals surface area contributed by atoms with Crippen LogP contribution in [0.15, 0.2) is 28.7 Å². The Bertz CT molecular complexity index is 705. The SMILES string of the molecule is CCCCC(=O)Nc1nnc(CCNC(=O)c2cccc(Br)c2)s1. The van der Waals surface area contributed by atoms with Gasteiger partial charge in [-0.3, -0.25) is 9.59 Å². The second-order valence-corrected chi connectivity index (χ2v) is 7.15. The molecule has 1 heterocycles. The number of halogens is 1. The third-order valence-electron chi connectivity index (χ3n) is 3.18. The lowest BCUT2D eigenvalue weighted by Crippen LogP contribution is -2.25. The monoisotopic (exact) mass is 410 g/mol. The third kappa shape index (κ3) is 6.01. The van der Waals surface area contributed by atoms with Crippen molar-refractivity contribution in [3.8, 4) is 0 Å². The van der Waals surface area contributed by atoms with Crippen LogP contribution in [0, 0.1) is 0 Å². The molecule has 0 saturated heterocycles. The standard InChI is InChI=1S/C16H19BrN4O2S/c1-2-3-7-13(22)19-16-21-20-14(24-16)8-9-18-15(23)11-5-4-6-12(17)10-11/h4-6,10H,2-3,7-9H2,1H3,(H,18,23)(H,19,21,22). The lowest BCUT2D eigenvalue weighted by molar-refractivity contribution is -0.116. The van der Waals surface area contributed by atoms with Gasteiger partial charge in [0, 0.05) is 29.4 Å². The molecule has 24 heavy (non-hydrogen) atoms. The smallest absolute Gasteiger partial charge is 0.251 e. The average Bonchev–Trinajstić information content (AvgIpc) is 3.00. The summed E-state index contributed by atoms with van der Waals surface area (Å²) in [5, 5.41) is 14.8. The Hall–Kier alpha value is -1.80. The lowest BCUT2D eigenvalue weighted by atomic mass is 10.2. The summed E-state index contributed by atoms with van der Waals surface area (Å²) in [7, 11) is 0. The molecule has 2 amide bonds. The first-order valence-electron chi connectivity index (χ1n) is 7.74. The fourth-order valence-electron chi connectivity index (χ4n) is 1.94. The van der Waals surface area contributed by atoms with Crippen LogP contribution in [0.25, 0.3) is 0 Å². The van der Waals surface area contributed by atoms with Gasteiger partial charge in [0.05, 0.1) is 0 Å². The van der Waals surface area contributed by atoms with E-state index in [1.807, 2.05) is 19.1 Å². The van der Waals surface area contributed by atoms with Gasteiger partial charge in [-0.05, 0) is 24.6 Å². The fraction of sp³-hybridized carbons (Fsp3) is 0.375. The van der Waals surface area contributed by atoms with Gasteiger partial charge < -0.3 is 10.6 Å². The molecule has 1 aromatic carbocycles. The molecule has 2 aromatic rings. The van der Waals surface area contributed by atoms with Crippen LogP contribution in [0.3, 0.4) is 0 Å². The van der Waals surface area contributed by atoms with Crippen LogP contribution in [0.4, 0.5) is 5.13 Å². The number of unbranched alkanes of at least 4 members (excludes halogenated alkanes) is 1.